The number of anilines is 4. The lowest BCUT2D eigenvalue weighted by Crippen LogP contribution is -2.45. The molecule has 666 valence electrons. The minimum absolute atomic E-state index is 0.0128. The number of thiophene rings is 4. The van der Waals surface area contributed by atoms with Crippen molar-refractivity contribution in [1.29, 1.82) is 0 Å². The maximum atomic E-state index is 13.0. The first-order chi connectivity index (χ1) is 61.6. The van der Waals surface area contributed by atoms with Crippen molar-refractivity contribution >= 4 is 198 Å². The molecule has 4 atom stereocenters. The largest absolute Gasteiger partial charge is 0.492 e. The summed E-state index contributed by atoms with van der Waals surface area (Å²) in [5.41, 5.74) is 39.4. The quantitative estimate of drug-likeness (QED) is 0.0338. The number of nitrogens with two attached hydrogens (primary N) is 4. The van der Waals surface area contributed by atoms with E-state index >= 15 is 0 Å². The van der Waals surface area contributed by atoms with Crippen molar-refractivity contribution < 1.29 is 31.0 Å². The number of likely N-dealkylation sites (N-methyl/N-ethyl adjacent to an activating group) is 1. The first kappa shape index (κ1) is 92.8. The zero-order valence-corrected chi connectivity index (χ0v) is 82.0. The molecule has 2 aromatic carbocycles. The van der Waals surface area contributed by atoms with Gasteiger partial charge in [0.2, 0.25) is 0 Å². The maximum Gasteiger partial charge on any atom is 0.141 e. The van der Waals surface area contributed by atoms with Crippen LogP contribution in [0.25, 0.3) is 128 Å². The normalized spacial score (nSPS) is 14.4. The molecule has 18 rings (SSSR count). The van der Waals surface area contributed by atoms with E-state index in [1.54, 1.807) is 58.8 Å². The molecule has 4 unspecified atom stereocenters. The fourth-order valence-electron chi connectivity index (χ4n) is 14.4. The summed E-state index contributed by atoms with van der Waals surface area (Å²) in [6.07, 6.45) is 15.4. The Hall–Kier alpha value is -8.94. The number of nitrogen functional groups attached to an aromatic ring is 4. The highest BCUT2D eigenvalue weighted by atomic mass is 32.2. The summed E-state index contributed by atoms with van der Waals surface area (Å²) in [5, 5.41) is 14.6. The molecule has 2 aliphatic heterocycles. The molecule has 2 fully saturated rings. The van der Waals surface area contributed by atoms with Crippen LogP contribution in [0.5, 0.6) is 11.5 Å². The van der Waals surface area contributed by atoms with Crippen molar-refractivity contribution in [3.8, 4) is 99.1 Å². The van der Waals surface area contributed by atoms with Gasteiger partial charge in [-0.25, -0.2) is 49.8 Å². The highest BCUT2D eigenvalue weighted by molar-refractivity contribution is 7.89. The first-order valence-electron chi connectivity index (χ1n) is 41.8. The van der Waals surface area contributed by atoms with Crippen LogP contribution in [-0.4, -0.2) is 199 Å². The number of morpholine rings is 1. The van der Waals surface area contributed by atoms with Gasteiger partial charge < -0.3 is 51.2 Å². The van der Waals surface area contributed by atoms with Gasteiger partial charge in [-0.05, 0) is 111 Å². The van der Waals surface area contributed by atoms with Crippen molar-refractivity contribution in [3.63, 3.8) is 0 Å². The van der Waals surface area contributed by atoms with Crippen molar-refractivity contribution in [2.75, 3.05) is 126 Å². The number of hydrogen-bond donors (Lipinski definition) is 4. The number of rotatable bonds is 29. The van der Waals surface area contributed by atoms with E-state index in [0.717, 1.165) is 253 Å². The Morgan fingerprint density at radius 1 is 0.433 bits per heavy atom. The number of fused-ring (bicyclic) bond motifs is 4. The van der Waals surface area contributed by atoms with Crippen LogP contribution in [0.2, 0.25) is 0 Å². The van der Waals surface area contributed by atoms with E-state index < -0.39 is 43.2 Å². The summed E-state index contributed by atoms with van der Waals surface area (Å²) in [5.74, 6) is 5.32. The van der Waals surface area contributed by atoms with Gasteiger partial charge in [-0.15, -0.1) is 90.7 Å². The minimum Gasteiger partial charge on any atom is -0.492 e. The van der Waals surface area contributed by atoms with Gasteiger partial charge in [-0.3, -0.25) is 26.6 Å². The van der Waals surface area contributed by atoms with Gasteiger partial charge in [0.25, 0.3) is 0 Å². The Balaban J connectivity index is 0.000000132. The Bertz CT molecular complexity index is 6530. The Kier molecular flexibility index (Phi) is 31.2. The molecule has 14 aromatic heterocycles. The number of ether oxygens (including phenoxy) is 3. The fourth-order valence-corrected chi connectivity index (χ4v) is 27.8. The lowest BCUT2D eigenvalue weighted by Gasteiger charge is -2.32. The van der Waals surface area contributed by atoms with Crippen molar-refractivity contribution in [3.05, 3.63) is 143 Å². The number of pyridine rings is 4. The van der Waals surface area contributed by atoms with Crippen LogP contribution in [0.3, 0.4) is 0 Å². The molecule has 0 bridgehead atoms. The SMILES string of the molecule is CCCCS(=O)c1sc2nc(-c3nccs3)cc(-c3ccc(OCCN4CCN(C)CC4)cc3)c2c1N.CCCCS(=O)c1sc2nc(-c3nccs3)cc(-c3ccc(OCCN4CCOCC4)cc3)c2c1N.CCCS(=O)c1sc2nc(-c3nccs3)cc(-c3cnc(C)n3C)c2c1N.Cc1ncc(-c2cc(-c3nccs3)nc3sc(S(=O)C(C)C)c(N)c23)n1C. The topological polar surface area (TPSA) is 349 Å². The van der Waals surface area contributed by atoms with Gasteiger partial charge in [-0.1, -0.05) is 71.7 Å². The lowest BCUT2D eigenvalue weighted by molar-refractivity contribution is 0.0322. The van der Waals surface area contributed by atoms with E-state index in [1.165, 1.54) is 56.7 Å². The summed E-state index contributed by atoms with van der Waals surface area (Å²) in [4.78, 5) is 56.2. The molecule has 127 heavy (non-hydrogen) atoms. The third-order valence-corrected chi connectivity index (χ3v) is 37.0. The van der Waals surface area contributed by atoms with Gasteiger partial charge in [0.05, 0.1) is 103 Å². The van der Waals surface area contributed by atoms with Crippen LogP contribution < -0.4 is 32.4 Å². The number of hydrogen-bond acceptors (Lipinski definition) is 32. The highest BCUT2D eigenvalue weighted by Crippen LogP contribution is 2.49. The Morgan fingerprint density at radius 3 is 1.10 bits per heavy atom. The maximum absolute atomic E-state index is 13.0. The average Bonchev–Trinajstić information content (AvgIpc) is 1.62. The number of benzene rings is 2. The average molecular weight is 1930 g/mol. The smallest absolute Gasteiger partial charge is 0.141 e. The van der Waals surface area contributed by atoms with E-state index in [4.69, 9.17) is 57.1 Å². The fraction of sp³-hybridized carbons (Fsp3) is 0.348. The monoisotopic (exact) mass is 1930 g/mol. The summed E-state index contributed by atoms with van der Waals surface area (Å²) >= 11 is 11.9. The summed E-state index contributed by atoms with van der Waals surface area (Å²) in [6.45, 7) is 25.0. The van der Waals surface area contributed by atoms with Crippen molar-refractivity contribution in [1.82, 2.24) is 73.7 Å². The van der Waals surface area contributed by atoms with Gasteiger partial charge in [0, 0.05) is 168 Å². The third-order valence-electron chi connectivity index (χ3n) is 21.6. The van der Waals surface area contributed by atoms with Crippen LogP contribution >= 0.6 is 90.7 Å². The van der Waals surface area contributed by atoms with Crippen LogP contribution in [0.1, 0.15) is 78.4 Å². The molecule has 2 aliphatic rings. The number of thiazole rings is 4. The predicted molar refractivity (Wildman–Crippen MR) is 533 cm³/mol. The molecular weight excluding hydrogens is 1830 g/mol. The molecule has 0 aliphatic carbocycles. The molecule has 8 N–H and O–H groups in total. The second-order valence-electron chi connectivity index (χ2n) is 30.5. The Labute approximate surface area is 780 Å². The van der Waals surface area contributed by atoms with Crippen LogP contribution in [-0.2, 0) is 62.0 Å². The minimum atomic E-state index is -1.17. The molecule has 0 amide bonds. The number of nitrogens with zero attached hydrogens (tertiary/aromatic N) is 15. The van der Waals surface area contributed by atoms with E-state index in [-0.39, 0.29) is 5.25 Å². The third kappa shape index (κ3) is 21.2. The molecule has 0 spiro atoms. The zero-order valence-electron chi connectivity index (χ0n) is 72.2. The molecular formula is C89H101N19O7S12. The number of imidazole rings is 2. The van der Waals surface area contributed by atoms with Crippen LogP contribution in [0.15, 0.2) is 148 Å². The number of aromatic nitrogens is 12. The lowest BCUT2D eigenvalue weighted by atomic mass is 10.0. The second kappa shape index (κ2) is 42.7. The molecule has 0 saturated carbocycles. The molecule has 16 aromatic rings. The van der Waals surface area contributed by atoms with Gasteiger partial charge in [0.15, 0.2) is 0 Å². The van der Waals surface area contributed by atoms with E-state index in [0.29, 0.717) is 65.8 Å². The highest BCUT2D eigenvalue weighted by Gasteiger charge is 2.29. The van der Waals surface area contributed by atoms with E-state index in [9.17, 15) is 16.8 Å². The Morgan fingerprint density at radius 2 is 0.772 bits per heavy atom. The number of unbranched alkanes of at least 4 members (excludes halogenated alkanes) is 2. The molecule has 38 heteroatoms. The second-order valence-corrected chi connectivity index (χ2v) is 45.6. The van der Waals surface area contributed by atoms with Gasteiger partial charge in [0.1, 0.15) is 115 Å². The summed E-state index contributed by atoms with van der Waals surface area (Å²) in [7, 11) is 1.56. The van der Waals surface area contributed by atoms with Crippen molar-refractivity contribution in [2.24, 2.45) is 14.1 Å². The van der Waals surface area contributed by atoms with Gasteiger partial charge >= 0.3 is 0 Å². The van der Waals surface area contributed by atoms with E-state index in [1.807, 2.05) is 140 Å². The standard InChI is InChI=1S/C27H33N5O2S3.C26H30N4O3S3.2C18H19N5OS3/c1-3-4-17-37(33)27-24(28)23-21(18-22(30-26(23)36-27)25-29-9-16-35-25)19-5-7-20(8-6-19)34-15-14-32-12-10-31(2)11-13-32;1-2-3-16-36(31)26-23(27)22-20(17-21(29-25(22)35-26)24-28-8-15-34-24)18-4-6-19(7-5-18)33-14-11-30-9-12-32-13-10-30;1-9(2)27(24)18-15(19)14-11(13-8-21-10(3)23(13)4)7-12(22-17(14)26-18)16-20-5-6-25-16;1-4-7-27(24)18-15(19)14-11(13-9-21-10(2)23(13)3)8-12(22-17(14)26-18)16-20-5-6-25-16/h5-9,16,18H,3-4,10-15,17,28H2,1-2H3;4-8,15,17H,2-3,9-14,16,27H2,1H3;5-9H,19H2,1-4H3;5-6,8-9H,4,7,19H2,1-3H3. The molecule has 2 saturated heterocycles. The van der Waals surface area contributed by atoms with Gasteiger partial charge in [-0.2, -0.15) is 0 Å². The van der Waals surface area contributed by atoms with E-state index in [2.05, 4.69) is 89.8 Å². The van der Waals surface area contributed by atoms with Crippen LogP contribution in [0.4, 0.5) is 22.7 Å². The summed E-state index contributed by atoms with van der Waals surface area (Å²) in [6, 6.07) is 24.3. The number of aryl methyl sites for hydroxylation is 2. The van der Waals surface area contributed by atoms with Crippen LogP contribution in [0, 0.1) is 13.8 Å². The molecule has 26 nitrogen and oxygen atoms in total. The zero-order chi connectivity index (χ0) is 89.1. The number of piperazine rings is 1. The van der Waals surface area contributed by atoms with Crippen molar-refractivity contribution in [2.45, 2.75) is 103 Å². The molecule has 16 heterocycles. The predicted octanol–water partition coefficient (Wildman–Crippen LogP) is 18.9. The first-order valence-corrected chi connectivity index (χ1v) is 53.7. The molecule has 0 radical (unpaired) electrons. The summed E-state index contributed by atoms with van der Waals surface area (Å²) < 4.78 is 75.7.